The Hall–Kier alpha value is -2.32. The Bertz CT molecular complexity index is 925. The van der Waals surface area contributed by atoms with Gasteiger partial charge in [0.05, 0.1) is 24.8 Å². The highest BCUT2D eigenvalue weighted by Gasteiger charge is 2.31. The number of para-hydroxylation sites is 1. The lowest BCUT2D eigenvalue weighted by Crippen LogP contribution is -2.49. The van der Waals surface area contributed by atoms with Crippen LogP contribution in [0.1, 0.15) is 5.56 Å². The van der Waals surface area contributed by atoms with Crippen molar-refractivity contribution in [3.63, 3.8) is 0 Å². The number of piperazine rings is 1. The van der Waals surface area contributed by atoms with Crippen molar-refractivity contribution in [1.29, 1.82) is 0 Å². The number of methoxy groups -OCH3 is 2. The zero-order valence-corrected chi connectivity index (χ0v) is 16.4. The van der Waals surface area contributed by atoms with Gasteiger partial charge in [0.25, 0.3) is 0 Å². The lowest BCUT2D eigenvalue weighted by molar-refractivity contribution is 0.352. The summed E-state index contributed by atoms with van der Waals surface area (Å²) in [6, 6.07) is 9.67. The van der Waals surface area contributed by atoms with E-state index in [1.165, 1.54) is 30.7 Å². The quantitative estimate of drug-likeness (QED) is 0.780. The van der Waals surface area contributed by atoms with Crippen molar-refractivity contribution in [2.45, 2.75) is 11.8 Å². The third kappa shape index (κ3) is 3.72. The Morgan fingerprint density at radius 3 is 2.15 bits per heavy atom. The largest absolute Gasteiger partial charge is 0.493 e. The van der Waals surface area contributed by atoms with Crippen molar-refractivity contribution in [2.24, 2.45) is 0 Å². The fourth-order valence-corrected chi connectivity index (χ4v) is 4.90. The van der Waals surface area contributed by atoms with E-state index in [9.17, 15) is 12.8 Å². The topological polar surface area (TPSA) is 59.1 Å². The Morgan fingerprint density at radius 1 is 0.963 bits per heavy atom. The number of nitrogens with zero attached hydrogens (tertiary/aromatic N) is 2. The van der Waals surface area contributed by atoms with Crippen molar-refractivity contribution in [3.05, 3.63) is 47.8 Å². The third-order valence-electron chi connectivity index (χ3n) is 4.73. The van der Waals surface area contributed by atoms with Gasteiger partial charge in [0.15, 0.2) is 11.5 Å². The lowest BCUT2D eigenvalue weighted by Gasteiger charge is -2.35. The third-order valence-corrected chi connectivity index (χ3v) is 6.77. The SMILES string of the molecule is COc1cc(C)c(S(=O)(=O)N2CCN(c3ccccc3F)CC2)cc1OC. The molecule has 0 bridgehead atoms. The molecule has 2 aromatic carbocycles. The number of rotatable bonds is 5. The second kappa shape index (κ2) is 7.74. The van der Waals surface area contributed by atoms with E-state index in [1.807, 2.05) is 4.90 Å². The smallest absolute Gasteiger partial charge is 0.243 e. The van der Waals surface area contributed by atoms with Crippen LogP contribution in [0, 0.1) is 12.7 Å². The van der Waals surface area contributed by atoms with E-state index in [4.69, 9.17) is 9.47 Å². The Balaban J connectivity index is 1.82. The molecule has 8 heteroatoms. The molecule has 0 amide bonds. The van der Waals surface area contributed by atoms with Crippen LogP contribution in [-0.2, 0) is 10.0 Å². The summed E-state index contributed by atoms with van der Waals surface area (Å²) in [5.41, 5.74) is 1.08. The molecule has 3 rings (SSSR count). The van der Waals surface area contributed by atoms with Crippen LogP contribution in [0.3, 0.4) is 0 Å². The predicted molar refractivity (Wildman–Crippen MR) is 102 cm³/mol. The summed E-state index contributed by atoms with van der Waals surface area (Å²) in [7, 11) is -0.712. The predicted octanol–water partition coefficient (Wildman–Crippen LogP) is 2.66. The minimum atomic E-state index is -3.69. The Kier molecular flexibility index (Phi) is 5.57. The van der Waals surface area contributed by atoms with Gasteiger partial charge in [0, 0.05) is 32.2 Å². The summed E-state index contributed by atoms with van der Waals surface area (Å²) in [6.45, 7) is 3.14. The summed E-state index contributed by atoms with van der Waals surface area (Å²) in [4.78, 5) is 2.06. The van der Waals surface area contributed by atoms with Crippen molar-refractivity contribution < 1.29 is 22.3 Å². The molecule has 0 spiro atoms. The van der Waals surface area contributed by atoms with Crippen LogP contribution < -0.4 is 14.4 Å². The first-order chi connectivity index (χ1) is 12.9. The normalized spacial score (nSPS) is 15.6. The summed E-state index contributed by atoms with van der Waals surface area (Å²) in [5, 5.41) is 0. The maximum absolute atomic E-state index is 14.0. The number of benzene rings is 2. The number of aryl methyl sites for hydroxylation is 1. The first-order valence-electron chi connectivity index (χ1n) is 8.60. The molecule has 1 heterocycles. The molecule has 1 aliphatic heterocycles. The second-order valence-electron chi connectivity index (χ2n) is 6.32. The standard InChI is InChI=1S/C19H23FN2O4S/c1-14-12-17(25-2)18(26-3)13-19(14)27(23,24)22-10-8-21(9-11-22)16-7-5-4-6-15(16)20/h4-7,12-13H,8-11H2,1-3H3. The summed E-state index contributed by atoms with van der Waals surface area (Å²) >= 11 is 0. The summed E-state index contributed by atoms with van der Waals surface area (Å²) in [5.74, 6) is 0.550. The van der Waals surface area contributed by atoms with E-state index >= 15 is 0 Å². The van der Waals surface area contributed by atoms with Crippen molar-refractivity contribution in [3.8, 4) is 11.5 Å². The summed E-state index contributed by atoms with van der Waals surface area (Å²) < 4.78 is 52.1. The minimum absolute atomic E-state index is 0.194. The monoisotopic (exact) mass is 394 g/mol. The maximum Gasteiger partial charge on any atom is 0.243 e. The van der Waals surface area contributed by atoms with Gasteiger partial charge in [-0.15, -0.1) is 0 Å². The second-order valence-corrected chi connectivity index (χ2v) is 8.22. The van der Waals surface area contributed by atoms with Gasteiger partial charge < -0.3 is 14.4 Å². The number of hydrogen-bond donors (Lipinski definition) is 0. The van der Waals surface area contributed by atoms with E-state index in [0.717, 1.165) is 0 Å². The van der Waals surface area contributed by atoms with Gasteiger partial charge in [-0.2, -0.15) is 4.31 Å². The fraction of sp³-hybridized carbons (Fsp3) is 0.368. The van der Waals surface area contributed by atoms with Crippen LogP contribution in [0.5, 0.6) is 11.5 Å². The van der Waals surface area contributed by atoms with Crippen LogP contribution in [0.25, 0.3) is 0 Å². The zero-order valence-electron chi connectivity index (χ0n) is 15.6. The molecule has 6 nitrogen and oxygen atoms in total. The highest BCUT2D eigenvalue weighted by Crippen LogP contribution is 2.34. The number of hydrogen-bond acceptors (Lipinski definition) is 5. The highest BCUT2D eigenvalue weighted by atomic mass is 32.2. The molecule has 27 heavy (non-hydrogen) atoms. The van der Waals surface area contributed by atoms with Gasteiger partial charge >= 0.3 is 0 Å². The van der Waals surface area contributed by atoms with E-state index in [2.05, 4.69) is 0 Å². The molecule has 0 saturated carbocycles. The minimum Gasteiger partial charge on any atom is -0.493 e. The molecule has 0 aliphatic carbocycles. The molecule has 0 aromatic heterocycles. The number of ether oxygens (including phenoxy) is 2. The Morgan fingerprint density at radius 2 is 1.56 bits per heavy atom. The molecule has 2 aromatic rings. The van der Waals surface area contributed by atoms with Crippen molar-refractivity contribution in [2.75, 3.05) is 45.3 Å². The van der Waals surface area contributed by atoms with E-state index in [-0.39, 0.29) is 23.8 Å². The molecule has 1 aliphatic rings. The van der Waals surface area contributed by atoms with Gasteiger partial charge in [-0.25, -0.2) is 12.8 Å². The van der Waals surface area contributed by atoms with Crippen LogP contribution >= 0.6 is 0 Å². The molecule has 146 valence electrons. The van der Waals surface area contributed by atoms with Crippen LogP contribution in [-0.4, -0.2) is 53.1 Å². The highest BCUT2D eigenvalue weighted by molar-refractivity contribution is 7.89. The van der Waals surface area contributed by atoms with Gasteiger partial charge in [0.1, 0.15) is 5.82 Å². The number of anilines is 1. The molecule has 1 fully saturated rings. The van der Waals surface area contributed by atoms with Crippen LogP contribution in [0.2, 0.25) is 0 Å². The van der Waals surface area contributed by atoms with Crippen molar-refractivity contribution >= 4 is 15.7 Å². The fourth-order valence-electron chi connectivity index (χ4n) is 3.26. The molecule has 1 saturated heterocycles. The molecular formula is C19H23FN2O4S. The van der Waals surface area contributed by atoms with E-state index in [1.54, 1.807) is 31.2 Å². The van der Waals surface area contributed by atoms with E-state index < -0.39 is 10.0 Å². The molecule has 0 N–H and O–H groups in total. The van der Waals surface area contributed by atoms with Crippen LogP contribution in [0.15, 0.2) is 41.3 Å². The average molecular weight is 394 g/mol. The number of sulfonamides is 1. The number of halogens is 1. The first-order valence-corrected chi connectivity index (χ1v) is 10.0. The van der Waals surface area contributed by atoms with Crippen molar-refractivity contribution in [1.82, 2.24) is 4.31 Å². The molecule has 0 atom stereocenters. The van der Waals surface area contributed by atoms with E-state index in [0.29, 0.717) is 35.8 Å². The summed E-state index contributed by atoms with van der Waals surface area (Å²) in [6.07, 6.45) is 0. The molecular weight excluding hydrogens is 371 g/mol. The zero-order chi connectivity index (χ0) is 19.6. The lowest BCUT2D eigenvalue weighted by atomic mass is 10.2. The van der Waals surface area contributed by atoms with Crippen LogP contribution in [0.4, 0.5) is 10.1 Å². The molecule has 0 unspecified atom stereocenters. The Labute approximate surface area is 159 Å². The molecule has 0 radical (unpaired) electrons. The maximum atomic E-state index is 14.0. The average Bonchev–Trinajstić information content (AvgIpc) is 2.68. The van der Waals surface area contributed by atoms with Gasteiger partial charge in [0.2, 0.25) is 10.0 Å². The van der Waals surface area contributed by atoms with Gasteiger partial charge in [-0.05, 0) is 30.7 Å². The van der Waals surface area contributed by atoms with Gasteiger partial charge in [-0.1, -0.05) is 12.1 Å². The first kappa shape index (κ1) is 19.4. The van der Waals surface area contributed by atoms with Gasteiger partial charge in [-0.3, -0.25) is 0 Å².